The number of rotatable bonds is 11. The Labute approximate surface area is 667 Å². The van der Waals surface area contributed by atoms with Crippen LogP contribution in [0.5, 0.6) is 0 Å². The molecule has 538 valence electrons. The van der Waals surface area contributed by atoms with E-state index in [-0.39, 0.29) is 0 Å². The highest BCUT2D eigenvalue weighted by Crippen LogP contribution is 2.55. The molecule has 0 aliphatic carbocycles. The van der Waals surface area contributed by atoms with Crippen molar-refractivity contribution in [2.24, 2.45) is 0 Å². The van der Waals surface area contributed by atoms with Gasteiger partial charge in [0.15, 0.2) is 0 Å². The summed E-state index contributed by atoms with van der Waals surface area (Å²) in [6.45, 7) is 0. The van der Waals surface area contributed by atoms with Gasteiger partial charge in [0.1, 0.15) is 0 Å². The Morgan fingerprint density at radius 1 is 0.138 bits per heavy atom. The van der Waals surface area contributed by atoms with E-state index in [0.29, 0.717) is 5.56 Å². The second-order valence-corrected chi connectivity index (χ2v) is 30.5. The number of nitriles is 1. The summed E-state index contributed by atoms with van der Waals surface area (Å²) in [5, 5.41) is 24.2. The molecule has 24 rings (SSSR count). The van der Waals surface area contributed by atoms with Gasteiger partial charge in [0, 0.05) is 64.6 Å². The predicted octanol–water partition coefficient (Wildman–Crippen LogP) is 28.5. The van der Waals surface area contributed by atoms with Gasteiger partial charge in [-0.1, -0.05) is 291 Å². The molecule has 6 heterocycles. The molecule has 0 aliphatic heterocycles. The third-order valence-electron chi connectivity index (χ3n) is 24.4. The summed E-state index contributed by atoms with van der Waals surface area (Å²) in [6.07, 6.45) is 0. The Bertz CT molecular complexity index is 7910. The highest BCUT2D eigenvalue weighted by atomic mass is 15.2. The molecule has 116 heavy (non-hydrogen) atoms. The molecule has 0 fully saturated rings. The van der Waals surface area contributed by atoms with E-state index in [1.54, 1.807) is 0 Å². The quantitative estimate of drug-likeness (QED) is 0.127. The molecule has 7 heteroatoms. The molecule has 0 unspecified atom stereocenters. The zero-order valence-corrected chi connectivity index (χ0v) is 62.8. The molecule has 0 bridgehead atoms. The van der Waals surface area contributed by atoms with Crippen molar-refractivity contribution in [1.82, 2.24) is 27.4 Å². The van der Waals surface area contributed by atoms with Crippen molar-refractivity contribution >= 4 is 131 Å². The largest absolute Gasteiger partial charge is 0.305 e. The van der Waals surface area contributed by atoms with Crippen LogP contribution in [0.1, 0.15) is 5.56 Å². The van der Waals surface area contributed by atoms with E-state index in [1.807, 2.05) is 6.07 Å². The first kappa shape index (κ1) is 65.0. The Hall–Kier alpha value is -15.8. The van der Waals surface area contributed by atoms with Crippen molar-refractivity contribution in [3.8, 4) is 95.8 Å². The van der Waals surface area contributed by atoms with E-state index >= 15 is 0 Å². The fraction of sp³-hybridized carbons (Fsp3) is 0. The average molecular weight is 1470 g/mol. The molecule has 0 atom stereocenters. The second-order valence-electron chi connectivity index (χ2n) is 30.5. The molecule has 7 nitrogen and oxygen atoms in total. The standard InChI is InChI=1S/C109H67N7/c110-68-69-50-56-98-86(62-69)80-38-16-22-44-92(80)111(98)104-105(112-93-45-23-17-39-81(93)87-63-75(51-57-99(87)112)70-28-6-1-7-29-70)107(114-95-47-25-19-41-83(95)89-65-77(53-59-101(89)114)72-32-10-3-11-33-72)109(116-97-49-27-21-43-85(97)91-67-79(55-61-103(91)116)74-36-14-5-15-37-74)108(115-96-48-26-20-42-84(96)90-66-78(54-60-102(90)115)73-34-12-4-13-35-73)106(104)113-94-46-24-18-40-82(94)88-64-76(52-58-100(88)113)71-30-8-2-9-31-71/h1-67H. The van der Waals surface area contributed by atoms with Crippen LogP contribution in [0, 0.1) is 11.3 Å². The Kier molecular flexibility index (Phi) is 14.4. The highest BCUT2D eigenvalue weighted by molar-refractivity contribution is 6.21. The van der Waals surface area contributed by atoms with Crippen LogP contribution in [0.4, 0.5) is 0 Å². The van der Waals surface area contributed by atoms with Crippen molar-refractivity contribution in [1.29, 1.82) is 5.26 Å². The lowest BCUT2D eigenvalue weighted by Gasteiger charge is -2.32. The van der Waals surface area contributed by atoms with Crippen molar-refractivity contribution in [3.05, 3.63) is 412 Å². The average Bonchev–Trinajstić information content (AvgIpc) is 0.946. The first-order valence-electron chi connectivity index (χ1n) is 39.7. The van der Waals surface area contributed by atoms with Gasteiger partial charge in [-0.05, 0) is 171 Å². The van der Waals surface area contributed by atoms with Gasteiger partial charge in [0.25, 0.3) is 0 Å². The van der Waals surface area contributed by atoms with Gasteiger partial charge in [-0.15, -0.1) is 0 Å². The minimum Gasteiger partial charge on any atom is -0.305 e. The number of hydrogen-bond donors (Lipinski definition) is 0. The van der Waals surface area contributed by atoms with Gasteiger partial charge in [-0.3, -0.25) is 0 Å². The molecular formula is C109H67N7. The van der Waals surface area contributed by atoms with E-state index < -0.39 is 0 Å². The maximum absolute atomic E-state index is 11.2. The summed E-state index contributed by atoms with van der Waals surface area (Å²) in [6, 6.07) is 153. The summed E-state index contributed by atoms with van der Waals surface area (Å²) >= 11 is 0. The summed E-state index contributed by atoms with van der Waals surface area (Å²) in [5.41, 5.74) is 29.6. The number of aromatic nitrogens is 6. The molecule has 0 amide bonds. The third-order valence-corrected chi connectivity index (χ3v) is 24.4. The van der Waals surface area contributed by atoms with Crippen LogP contribution in [0.25, 0.3) is 221 Å². The molecule has 0 N–H and O–H groups in total. The van der Waals surface area contributed by atoms with Crippen LogP contribution in [-0.4, -0.2) is 27.4 Å². The van der Waals surface area contributed by atoms with Gasteiger partial charge in [0.05, 0.1) is 112 Å². The fourth-order valence-electron chi connectivity index (χ4n) is 19.3. The molecular weight excluding hydrogens is 1410 g/mol. The van der Waals surface area contributed by atoms with Crippen molar-refractivity contribution in [2.75, 3.05) is 0 Å². The molecule has 0 spiro atoms. The maximum Gasteiger partial charge on any atom is 0.0992 e. The second kappa shape index (κ2) is 25.7. The summed E-state index contributed by atoms with van der Waals surface area (Å²) in [4.78, 5) is 0. The minimum absolute atomic E-state index is 0.577. The Morgan fingerprint density at radius 2 is 0.302 bits per heavy atom. The topological polar surface area (TPSA) is 53.4 Å². The van der Waals surface area contributed by atoms with Crippen LogP contribution >= 0.6 is 0 Å². The highest BCUT2D eigenvalue weighted by Gasteiger charge is 2.39. The van der Waals surface area contributed by atoms with Crippen LogP contribution in [0.15, 0.2) is 406 Å². The van der Waals surface area contributed by atoms with E-state index in [9.17, 15) is 5.26 Å². The van der Waals surface area contributed by atoms with Crippen LogP contribution in [0.2, 0.25) is 0 Å². The van der Waals surface area contributed by atoms with Crippen LogP contribution in [0.3, 0.4) is 0 Å². The van der Waals surface area contributed by atoms with Gasteiger partial charge in [-0.25, -0.2) is 0 Å². The lowest BCUT2D eigenvalue weighted by atomic mass is 10.0. The van der Waals surface area contributed by atoms with Gasteiger partial charge >= 0.3 is 0 Å². The molecule has 0 aliphatic rings. The van der Waals surface area contributed by atoms with Gasteiger partial charge in [0.2, 0.25) is 0 Å². The first-order valence-corrected chi connectivity index (χ1v) is 39.7. The van der Waals surface area contributed by atoms with Crippen molar-refractivity contribution < 1.29 is 0 Å². The number of benzene rings is 18. The lowest BCUT2D eigenvalue weighted by Crippen LogP contribution is -2.20. The zero-order chi connectivity index (χ0) is 76.2. The zero-order valence-electron chi connectivity index (χ0n) is 62.8. The van der Waals surface area contributed by atoms with Crippen LogP contribution < -0.4 is 0 Å². The molecule has 0 radical (unpaired) electrons. The third kappa shape index (κ3) is 9.65. The van der Waals surface area contributed by atoms with E-state index in [4.69, 9.17) is 0 Å². The first-order chi connectivity index (χ1) is 57.6. The molecule has 18 aromatic carbocycles. The van der Waals surface area contributed by atoms with E-state index in [0.717, 1.165) is 221 Å². The number of para-hydroxylation sites is 6. The van der Waals surface area contributed by atoms with E-state index in [1.165, 1.54) is 0 Å². The summed E-state index contributed by atoms with van der Waals surface area (Å²) in [7, 11) is 0. The smallest absolute Gasteiger partial charge is 0.0992 e. The van der Waals surface area contributed by atoms with Crippen LogP contribution in [-0.2, 0) is 0 Å². The lowest BCUT2D eigenvalue weighted by molar-refractivity contribution is 0.971. The van der Waals surface area contributed by atoms with Gasteiger partial charge in [-0.2, -0.15) is 5.26 Å². The normalized spacial score (nSPS) is 12.0. The van der Waals surface area contributed by atoms with Crippen molar-refractivity contribution in [2.45, 2.75) is 0 Å². The molecule has 24 aromatic rings. The number of nitrogens with zero attached hydrogens (tertiary/aromatic N) is 7. The molecule has 0 saturated heterocycles. The number of hydrogen-bond acceptors (Lipinski definition) is 1. The predicted molar refractivity (Wildman–Crippen MR) is 484 cm³/mol. The SMILES string of the molecule is N#Cc1ccc2c(c1)c1ccccc1n2-c1c(-n2c3ccccc3c3cc(-c4ccccc4)ccc32)c(-n2c3ccccc3c3cc(-c4ccccc4)ccc32)c(-n2c3ccccc3c3cc(-c4ccccc4)ccc32)c(-n2c3ccccc3c3cc(-c4ccccc4)ccc32)c1-n1c2ccccc2c2cc(-c3ccccc3)ccc21. The summed E-state index contributed by atoms with van der Waals surface area (Å²) in [5.74, 6) is 0. The molecule has 6 aromatic heterocycles. The fourth-order valence-corrected chi connectivity index (χ4v) is 19.3. The maximum atomic E-state index is 11.2. The monoisotopic (exact) mass is 1470 g/mol. The summed E-state index contributed by atoms with van der Waals surface area (Å²) < 4.78 is 15.8. The Morgan fingerprint density at radius 3 is 0.500 bits per heavy atom. The van der Waals surface area contributed by atoms with Crippen molar-refractivity contribution in [3.63, 3.8) is 0 Å². The molecule has 0 saturated carbocycles. The Balaban J connectivity index is 1.04. The minimum atomic E-state index is 0.577. The van der Waals surface area contributed by atoms with Gasteiger partial charge < -0.3 is 27.4 Å². The number of fused-ring (bicyclic) bond motifs is 18. The van der Waals surface area contributed by atoms with E-state index in [2.05, 4.69) is 434 Å².